The predicted octanol–water partition coefficient (Wildman–Crippen LogP) is 4.56. The lowest BCUT2D eigenvalue weighted by molar-refractivity contribution is -0.123. The lowest BCUT2D eigenvalue weighted by Crippen LogP contribution is -2.57. The molecule has 0 aliphatic carbocycles. The molecule has 9 nitrogen and oxygen atoms in total. The molecule has 39 heavy (non-hydrogen) atoms. The summed E-state index contributed by atoms with van der Waals surface area (Å²) in [7, 11) is 0. The molecule has 0 saturated carbocycles. The summed E-state index contributed by atoms with van der Waals surface area (Å²) >= 11 is 0. The number of hydrogen-bond acceptors (Lipinski definition) is 7. The first kappa shape index (κ1) is 24.7. The number of pyridine rings is 1. The van der Waals surface area contributed by atoms with Crippen LogP contribution in [0, 0.1) is 6.92 Å². The minimum atomic E-state index is -1.10. The molecule has 2 saturated heterocycles. The fraction of sp³-hybridized carbons (Fsp3) is 0.233. The van der Waals surface area contributed by atoms with E-state index < -0.39 is 11.6 Å². The summed E-state index contributed by atoms with van der Waals surface area (Å²) in [6.45, 7) is 3.93. The lowest BCUT2D eigenvalue weighted by Gasteiger charge is -2.41. The molecule has 0 unspecified atom stereocenters. The molecule has 4 aromatic rings. The largest absolute Gasteiger partial charge is 0.492 e. The molecular formula is C30H28N6O3. The fourth-order valence-corrected chi connectivity index (χ4v) is 5.50. The van der Waals surface area contributed by atoms with Crippen molar-refractivity contribution in [3.05, 3.63) is 96.3 Å². The highest BCUT2D eigenvalue weighted by atomic mass is 16.3. The van der Waals surface area contributed by atoms with Crippen molar-refractivity contribution >= 4 is 23.4 Å². The summed E-state index contributed by atoms with van der Waals surface area (Å²) in [5, 5.41) is 17.5. The van der Waals surface area contributed by atoms with Crippen LogP contribution >= 0.6 is 0 Å². The topological polar surface area (TPSA) is 103 Å². The first-order valence-corrected chi connectivity index (χ1v) is 13.0. The molecule has 0 bridgehead atoms. The molecular weight excluding hydrogens is 492 g/mol. The van der Waals surface area contributed by atoms with Crippen LogP contribution < -0.4 is 9.80 Å². The third-order valence-electron chi connectivity index (χ3n) is 7.68. The monoisotopic (exact) mass is 520 g/mol. The quantitative estimate of drug-likeness (QED) is 0.385. The maximum Gasteiger partial charge on any atom is 0.338 e. The Kier molecular flexibility index (Phi) is 6.28. The standard InChI is InChI=1S/C30H28N6O3/c1-21-6-5-17-31-25(21)20-34-18-15-30(16-19-34)28(38)35(29(39)36(30)26-13-14-27(37)33-32-26)24-11-9-23(10-12-24)22-7-3-2-4-8-22/h2-14,17H,15-16,18-20H2,1H3,(H,33,37). The van der Waals surface area contributed by atoms with Crippen molar-refractivity contribution in [2.45, 2.75) is 31.8 Å². The number of piperidine rings is 1. The third-order valence-corrected chi connectivity index (χ3v) is 7.68. The number of benzene rings is 2. The maximum absolute atomic E-state index is 14.2. The van der Waals surface area contributed by atoms with Crippen molar-refractivity contribution in [3.8, 4) is 17.0 Å². The van der Waals surface area contributed by atoms with Gasteiger partial charge in [0, 0.05) is 31.9 Å². The van der Waals surface area contributed by atoms with E-state index in [2.05, 4.69) is 20.1 Å². The molecule has 3 amide bonds. The van der Waals surface area contributed by atoms with E-state index in [1.807, 2.05) is 61.5 Å². The molecule has 196 valence electrons. The van der Waals surface area contributed by atoms with Crippen LogP contribution in [0.4, 0.5) is 16.3 Å². The van der Waals surface area contributed by atoms with Crippen LogP contribution in [0.25, 0.3) is 11.1 Å². The summed E-state index contributed by atoms with van der Waals surface area (Å²) < 4.78 is 0. The number of aromatic hydroxyl groups is 1. The molecule has 2 aliphatic rings. The maximum atomic E-state index is 14.2. The van der Waals surface area contributed by atoms with Crippen molar-refractivity contribution in [1.82, 2.24) is 20.1 Å². The van der Waals surface area contributed by atoms with Gasteiger partial charge in [-0.3, -0.25) is 19.6 Å². The SMILES string of the molecule is Cc1cccnc1CN1CCC2(CC1)C(=O)N(c1ccc(-c3ccccc3)cc1)C(=O)N2c1ccc(O)nn1. The van der Waals surface area contributed by atoms with Gasteiger partial charge in [-0.1, -0.05) is 48.5 Å². The minimum absolute atomic E-state index is 0.239. The van der Waals surface area contributed by atoms with E-state index in [4.69, 9.17) is 0 Å². The van der Waals surface area contributed by atoms with Gasteiger partial charge in [-0.15, -0.1) is 10.2 Å². The number of anilines is 2. The van der Waals surface area contributed by atoms with Gasteiger partial charge in [0.05, 0.1) is 11.4 Å². The number of rotatable bonds is 5. The normalized spacial score (nSPS) is 17.3. The summed E-state index contributed by atoms with van der Waals surface area (Å²) in [6.07, 6.45) is 2.66. The van der Waals surface area contributed by atoms with E-state index >= 15 is 0 Å². The van der Waals surface area contributed by atoms with Crippen molar-refractivity contribution in [1.29, 1.82) is 0 Å². The van der Waals surface area contributed by atoms with Gasteiger partial charge < -0.3 is 5.11 Å². The molecule has 2 aromatic carbocycles. The van der Waals surface area contributed by atoms with Crippen LogP contribution in [0.2, 0.25) is 0 Å². The average molecular weight is 521 g/mol. The van der Waals surface area contributed by atoms with Crippen LogP contribution in [0.15, 0.2) is 85.1 Å². The van der Waals surface area contributed by atoms with E-state index in [0.717, 1.165) is 22.4 Å². The van der Waals surface area contributed by atoms with Gasteiger partial charge in [0.2, 0.25) is 5.88 Å². The van der Waals surface area contributed by atoms with E-state index in [0.29, 0.717) is 38.2 Å². The number of hydrogen-bond donors (Lipinski definition) is 1. The number of carbonyl (C=O) groups is 2. The number of aromatic nitrogens is 3. The number of likely N-dealkylation sites (tertiary alicyclic amines) is 1. The Morgan fingerprint density at radius 1 is 0.846 bits per heavy atom. The number of nitrogens with zero attached hydrogens (tertiary/aromatic N) is 6. The molecule has 6 rings (SSSR count). The Morgan fingerprint density at radius 3 is 2.23 bits per heavy atom. The van der Waals surface area contributed by atoms with Crippen molar-refractivity contribution in [2.24, 2.45) is 0 Å². The van der Waals surface area contributed by atoms with Gasteiger partial charge in [-0.25, -0.2) is 9.69 Å². The van der Waals surface area contributed by atoms with E-state index in [9.17, 15) is 14.7 Å². The molecule has 0 radical (unpaired) electrons. The summed E-state index contributed by atoms with van der Waals surface area (Å²) in [6, 6.07) is 23.8. The fourth-order valence-electron chi connectivity index (χ4n) is 5.50. The molecule has 2 fully saturated rings. The van der Waals surface area contributed by atoms with Crippen LogP contribution in [0.5, 0.6) is 5.88 Å². The van der Waals surface area contributed by atoms with E-state index in [1.165, 1.54) is 21.9 Å². The summed E-state index contributed by atoms with van der Waals surface area (Å²) in [5.41, 5.74) is 3.57. The summed E-state index contributed by atoms with van der Waals surface area (Å²) in [5.74, 6) is -0.285. The van der Waals surface area contributed by atoms with Gasteiger partial charge in [-0.2, -0.15) is 0 Å². The first-order valence-electron chi connectivity index (χ1n) is 13.0. The molecule has 4 heterocycles. The smallest absolute Gasteiger partial charge is 0.338 e. The van der Waals surface area contributed by atoms with Gasteiger partial charge in [-0.05, 0) is 60.7 Å². The average Bonchev–Trinajstić information content (AvgIpc) is 3.17. The van der Waals surface area contributed by atoms with Gasteiger partial charge >= 0.3 is 6.03 Å². The number of amides is 3. The molecule has 9 heteroatoms. The number of urea groups is 1. The van der Waals surface area contributed by atoms with Gasteiger partial charge in [0.1, 0.15) is 5.54 Å². The second-order valence-electron chi connectivity index (χ2n) is 10.00. The minimum Gasteiger partial charge on any atom is -0.492 e. The second-order valence-corrected chi connectivity index (χ2v) is 10.00. The zero-order chi connectivity index (χ0) is 27.0. The molecule has 0 atom stereocenters. The highest BCUT2D eigenvalue weighted by molar-refractivity contribution is 6.30. The number of aryl methyl sites for hydroxylation is 1. The zero-order valence-corrected chi connectivity index (χ0v) is 21.6. The predicted molar refractivity (Wildman–Crippen MR) is 147 cm³/mol. The molecule has 2 aliphatic heterocycles. The third kappa shape index (κ3) is 4.40. The molecule has 2 aromatic heterocycles. The van der Waals surface area contributed by atoms with Crippen LogP contribution in [-0.4, -0.2) is 55.8 Å². The molecule has 1 N–H and O–H groups in total. The number of imide groups is 1. The highest BCUT2D eigenvalue weighted by Crippen LogP contribution is 2.42. The second kappa shape index (κ2) is 9.92. The van der Waals surface area contributed by atoms with Gasteiger partial charge in [0.15, 0.2) is 5.82 Å². The molecule has 1 spiro atoms. The van der Waals surface area contributed by atoms with Crippen LogP contribution in [-0.2, 0) is 11.3 Å². The Hall–Kier alpha value is -4.63. The highest BCUT2D eigenvalue weighted by Gasteiger charge is 2.59. The van der Waals surface area contributed by atoms with Crippen LogP contribution in [0.1, 0.15) is 24.1 Å². The Labute approximate surface area is 226 Å². The Morgan fingerprint density at radius 2 is 1.56 bits per heavy atom. The lowest BCUT2D eigenvalue weighted by atomic mass is 9.85. The number of carbonyl (C=O) groups excluding carboxylic acids is 2. The van der Waals surface area contributed by atoms with Crippen LogP contribution in [0.3, 0.4) is 0 Å². The Balaban J connectivity index is 1.31. The van der Waals surface area contributed by atoms with Crippen molar-refractivity contribution in [3.63, 3.8) is 0 Å². The van der Waals surface area contributed by atoms with Gasteiger partial charge in [0.25, 0.3) is 5.91 Å². The zero-order valence-electron chi connectivity index (χ0n) is 21.6. The first-order chi connectivity index (χ1) is 19.0. The van der Waals surface area contributed by atoms with Crippen molar-refractivity contribution < 1.29 is 14.7 Å². The van der Waals surface area contributed by atoms with E-state index in [1.54, 1.807) is 18.3 Å². The van der Waals surface area contributed by atoms with E-state index in [-0.39, 0.29) is 17.6 Å². The Bertz CT molecular complexity index is 1500. The van der Waals surface area contributed by atoms with Crippen molar-refractivity contribution in [2.75, 3.05) is 22.9 Å². The summed E-state index contributed by atoms with van der Waals surface area (Å²) in [4.78, 5) is 37.6.